The Bertz CT molecular complexity index is 896. The maximum Gasteiger partial charge on any atom is 0.323 e. The molecule has 2 amide bonds. The minimum Gasteiger partial charge on any atom is -0.353 e. The Kier molecular flexibility index (Phi) is 4.86. The van der Waals surface area contributed by atoms with Crippen LogP contribution in [0.15, 0.2) is 61.1 Å². The molecule has 8 nitrogen and oxygen atoms in total. The van der Waals surface area contributed by atoms with Crippen LogP contribution < -0.4 is 10.2 Å². The van der Waals surface area contributed by atoms with Crippen molar-refractivity contribution in [1.29, 1.82) is 0 Å². The Morgan fingerprint density at radius 1 is 0.963 bits per heavy atom. The average Bonchev–Trinajstić information content (AvgIpc) is 2.75. The van der Waals surface area contributed by atoms with Crippen LogP contribution in [0.25, 0.3) is 11.3 Å². The van der Waals surface area contributed by atoms with Crippen molar-refractivity contribution in [2.75, 3.05) is 36.4 Å². The van der Waals surface area contributed by atoms with E-state index >= 15 is 0 Å². The fourth-order valence-corrected chi connectivity index (χ4v) is 2.98. The number of piperazine rings is 1. The first-order valence-corrected chi connectivity index (χ1v) is 8.76. The summed E-state index contributed by atoms with van der Waals surface area (Å²) >= 11 is 0. The molecule has 0 radical (unpaired) electrons. The minimum absolute atomic E-state index is 0.164. The van der Waals surface area contributed by atoms with E-state index in [0.717, 1.165) is 17.1 Å². The Labute approximate surface area is 156 Å². The van der Waals surface area contributed by atoms with Gasteiger partial charge in [0.2, 0.25) is 0 Å². The minimum atomic E-state index is -0.164. The van der Waals surface area contributed by atoms with E-state index < -0.39 is 0 Å². The summed E-state index contributed by atoms with van der Waals surface area (Å²) in [6.07, 6.45) is 3.16. The van der Waals surface area contributed by atoms with Crippen molar-refractivity contribution >= 4 is 17.7 Å². The lowest BCUT2D eigenvalue weighted by atomic mass is 10.1. The van der Waals surface area contributed by atoms with Gasteiger partial charge in [-0.3, -0.25) is 5.32 Å². The summed E-state index contributed by atoms with van der Waals surface area (Å²) in [5, 5.41) is 10.4. The molecular formula is C19H19N7O. The molecule has 1 aliphatic heterocycles. The van der Waals surface area contributed by atoms with Crippen LogP contribution in [0.3, 0.4) is 0 Å². The van der Waals surface area contributed by atoms with Crippen LogP contribution in [-0.2, 0) is 0 Å². The quantitative estimate of drug-likeness (QED) is 0.770. The molecular weight excluding hydrogens is 342 g/mol. The molecule has 1 N–H and O–H groups in total. The molecule has 0 saturated carbocycles. The van der Waals surface area contributed by atoms with Crippen LogP contribution in [0.2, 0.25) is 0 Å². The van der Waals surface area contributed by atoms with Gasteiger partial charge in [-0.25, -0.2) is 14.8 Å². The van der Waals surface area contributed by atoms with Crippen LogP contribution in [0.4, 0.5) is 16.4 Å². The number of nitrogens with one attached hydrogen (secondary N) is 1. The third kappa shape index (κ3) is 4.00. The summed E-state index contributed by atoms with van der Waals surface area (Å²) in [4.78, 5) is 25.1. The molecule has 1 aliphatic rings. The zero-order chi connectivity index (χ0) is 18.5. The molecule has 2 aromatic heterocycles. The predicted molar refractivity (Wildman–Crippen MR) is 102 cm³/mol. The summed E-state index contributed by atoms with van der Waals surface area (Å²) < 4.78 is 0. The lowest BCUT2D eigenvalue weighted by Crippen LogP contribution is -2.50. The Morgan fingerprint density at radius 3 is 2.52 bits per heavy atom. The lowest BCUT2D eigenvalue weighted by Gasteiger charge is -2.35. The molecule has 0 aliphatic carbocycles. The standard InChI is InChI=1S/C19H19N7O/c27-19(23-17-7-4-8-22-24-17)26-11-9-25(10-12-26)18-13-16(20-14-21-18)15-5-2-1-3-6-15/h1-8,13-14H,9-12H2,(H,23,24,27). The first kappa shape index (κ1) is 16.9. The molecule has 0 unspecified atom stereocenters. The van der Waals surface area contributed by atoms with E-state index in [1.54, 1.807) is 29.6 Å². The fourth-order valence-electron chi connectivity index (χ4n) is 2.98. The number of urea groups is 1. The van der Waals surface area contributed by atoms with E-state index in [0.29, 0.717) is 32.0 Å². The Hall–Kier alpha value is -3.55. The number of carbonyl (C=O) groups excluding carboxylic acids is 1. The van der Waals surface area contributed by atoms with Crippen LogP contribution in [0.5, 0.6) is 0 Å². The summed E-state index contributed by atoms with van der Waals surface area (Å²) in [5.74, 6) is 1.33. The summed E-state index contributed by atoms with van der Waals surface area (Å²) in [6, 6.07) is 15.3. The van der Waals surface area contributed by atoms with Crippen molar-refractivity contribution in [2.24, 2.45) is 0 Å². The molecule has 3 aromatic rings. The van der Waals surface area contributed by atoms with Gasteiger partial charge in [0, 0.05) is 44.0 Å². The third-order valence-corrected chi connectivity index (χ3v) is 4.42. The predicted octanol–water partition coefficient (Wildman–Crippen LogP) is 2.29. The zero-order valence-electron chi connectivity index (χ0n) is 14.7. The highest BCUT2D eigenvalue weighted by molar-refractivity contribution is 5.88. The van der Waals surface area contributed by atoms with Crippen molar-refractivity contribution in [1.82, 2.24) is 25.1 Å². The van der Waals surface area contributed by atoms with Gasteiger partial charge in [-0.2, -0.15) is 5.10 Å². The number of nitrogens with zero attached hydrogens (tertiary/aromatic N) is 6. The average molecular weight is 361 g/mol. The van der Waals surface area contributed by atoms with Crippen LogP contribution >= 0.6 is 0 Å². The van der Waals surface area contributed by atoms with Crippen molar-refractivity contribution in [3.63, 3.8) is 0 Å². The number of aromatic nitrogens is 4. The molecule has 136 valence electrons. The van der Waals surface area contributed by atoms with Crippen molar-refractivity contribution in [3.8, 4) is 11.3 Å². The number of hydrogen-bond donors (Lipinski definition) is 1. The van der Waals surface area contributed by atoms with Gasteiger partial charge in [0.05, 0.1) is 5.69 Å². The van der Waals surface area contributed by atoms with Gasteiger partial charge in [0.15, 0.2) is 5.82 Å². The lowest BCUT2D eigenvalue weighted by molar-refractivity contribution is 0.208. The highest BCUT2D eigenvalue weighted by Gasteiger charge is 2.22. The molecule has 0 spiro atoms. The molecule has 1 saturated heterocycles. The van der Waals surface area contributed by atoms with Crippen LogP contribution in [-0.4, -0.2) is 57.3 Å². The largest absolute Gasteiger partial charge is 0.353 e. The molecule has 0 bridgehead atoms. The number of amides is 2. The second-order valence-electron chi connectivity index (χ2n) is 6.14. The van der Waals surface area contributed by atoms with E-state index in [9.17, 15) is 4.79 Å². The van der Waals surface area contributed by atoms with Crippen LogP contribution in [0, 0.1) is 0 Å². The SMILES string of the molecule is O=C(Nc1cccnn1)N1CCN(c2cc(-c3ccccc3)ncn2)CC1. The summed E-state index contributed by atoms with van der Waals surface area (Å²) in [5.41, 5.74) is 1.95. The zero-order valence-corrected chi connectivity index (χ0v) is 14.7. The second-order valence-corrected chi connectivity index (χ2v) is 6.14. The van der Waals surface area contributed by atoms with E-state index in [1.807, 2.05) is 36.4 Å². The molecule has 1 aromatic carbocycles. The Morgan fingerprint density at radius 2 is 1.78 bits per heavy atom. The number of hydrogen-bond acceptors (Lipinski definition) is 6. The topological polar surface area (TPSA) is 87.1 Å². The van der Waals surface area contributed by atoms with E-state index in [-0.39, 0.29) is 6.03 Å². The normalized spacial score (nSPS) is 14.1. The highest BCUT2D eigenvalue weighted by atomic mass is 16.2. The molecule has 1 fully saturated rings. The smallest absolute Gasteiger partial charge is 0.323 e. The van der Waals surface area contributed by atoms with E-state index in [4.69, 9.17) is 0 Å². The van der Waals surface area contributed by atoms with Crippen molar-refractivity contribution < 1.29 is 4.79 Å². The van der Waals surface area contributed by atoms with Gasteiger partial charge in [0.25, 0.3) is 0 Å². The van der Waals surface area contributed by atoms with Gasteiger partial charge in [-0.05, 0) is 12.1 Å². The fraction of sp³-hybridized carbons (Fsp3) is 0.211. The van der Waals surface area contributed by atoms with Crippen molar-refractivity contribution in [2.45, 2.75) is 0 Å². The molecule has 3 heterocycles. The third-order valence-electron chi connectivity index (χ3n) is 4.42. The monoisotopic (exact) mass is 361 g/mol. The van der Waals surface area contributed by atoms with Gasteiger partial charge >= 0.3 is 6.03 Å². The van der Waals surface area contributed by atoms with E-state index in [2.05, 4.69) is 30.4 Å². The maximum atomic E-state index is 12.4. The van der Waals surface area contributed by atoms with Gasteiger partial charge in [-0.15, -0.1) is 5.10 Å². The summed E-state index contributed by atoms with van der Waals surface area (Å²) in [7, 11) is 0. The first-order valence-electron chi connectivity index (χ1n) is 8.76. The maximum absolute atomic E-state index is 12.4. The van der Waals surface area contributed by atoms with Crippen molar-refractivity contribution in [3.05, 3.63) is 61.1 Å². The highest BCUT2D eigenvalue weighted by Crippen LogP contribution is 2.21. The second kappa shape index (κ2) is 7.77. The number of benzene rings is 1. The van der Waals surface area contributed by atoms with E-state index in [1.165, 1.54) is 0 Å². The van der Waals surface area contributed by atoms with Crippen LogP contribution in [0.1, 0.15) is 0 Å². The van der Waals surface area contributed by atoms with Gasteiger partial charge < -0.3 is 9.80 Å². The van der Waals surface area contributed by atoms with Gasteiger partial charge in [0.1, 0.15) is 12.1 Å². The number of rotatable bonds is 3. The molecule has 27 heavy (non-hydrogen) atoms. The Balaban J connectivity index is 1.39. The molecule has 0 atom stereocenters. The number of carbonyl (C=O) groups is 1. The first-order chi connectivity index (χ1) is 13.3. The summed E-state index contributed by atoms with van der Waals surface area (Å²) in [6.45, 7) is 2.63. The van der Waals surface area contributed by atoms with Gasteiger partial charge in [-0.1, -0.05) is 30.3 Å². The molecule has 4 rings (SSSR count). The number of anilines is 2. The molecule has 8 heteroatoms.